The number of benzene rings is 1. The fourth-order valence-corrected chi connectivity index (χ4v) is 1.48. The minimum atomic E-state index is -2.03. The second-order valence-corrected chi connectivity index (χ2v) is 3.42. The van der Waals surface area contributed by atoms with E-state index in [2.05, 4.69) is 0 Å². The summed E-state index contributed by atoms with van der Waals surface area (Å²) in [5, 5.41) is 0. The third-order valence-corrected chi connectivity index (χ3v) is 2.06. The molecule has 0 aliphatic carbocycles. The van der Waals surface area contributed by atoms with Crippen LogP contribution in [0.4, 0.5) is 0 Å². The number of hydrogen-bond acceptors (Lipinski definition) is 3. The van der Waals surface area contributed by atoms with E-state index in [1.54, 1.807) is 24.3 Å². The summed E-state index contributed by atoms with van der Waals surface area (Å²) in [5.74, 6) is 0.756. The number of ether oxygens (including phenoxy) is 1. The molecule has 1 rings (SSSR count). The molecule has 0 amide bonds. The number of hydrogen-bond donors (Lipinski definition) is 0. The highest BCUT2D eigenvalue weighted by atomic mass is 32.2. The Morgan fingerprint density at radius 1 is 1.54 bits per heavy atom. The predicted octanol–water partition coefficient (Wildman–Crippen LogP) is 1.46. The van der Waals surface area contributed by atoms with Crippen LogP contribution in [0.1, 0.15) is 12.5 Å². The molecule has 0 aliphatic rings. The van der Waals surface area contributed by atoms with Crippen molar-refractivity contribution in [3.63, 3.8) is 0 Å². The molecule has 1 aromatic carbocycles. The van der Waals surface area contributed by atoms with E-state index < -0.39 is 11.1 Å². The van der Waals surface area contributed by atoms with Crippen LogP contribution < -0.4 is 4.74 Å². The first-order chi connectivity index (χ1) is 6.22. The molecule has 0 radical (unpaired) electrons. The molecule has 3 nitrogen and oxygen atoms in total. The van der Waals surface area contributed by atoms with Crippen molar-refractivity contribution in [3.05, 3.63) is 29.8 Å². The second kappa shape index (κ2) is 4.99. The van der Waals surface area contributed by atoms with E-state index in [0.717, 1.165) is 5.56 Å². The van der Waals surface area contributed by atoms with Crippen molar-refractivity contribution in [3.8, 4) is 5.75 Å². The third kappa shape index (κ3) is 3.57. The minimum absolute atomic E-state index is 0.0426. The summed E-state index contributed by atoms with van der Waals surface area (Å²) in [6.45, 7) is 2.47. The van der Waals surface area contributed by atoms with E-state index in [4.69, 9.17) is 4.74 Å². The van der Waals surface area contributed by atoms with Crippen molar-refractivity contribution in [2.24, 2.45) is 0 Å². The normalized spacial score (nSPS) is 12.5. The van der Waals surface area contributed by atoms with Crippen LogP contribution in [-0.4, -0.2) is 15.4 Å². The third-order valence-electron chi connectivity index (χ3n) is 1.49. The Bertz CT molecular complexity index is 299. The molecule has 1 unspecified atom stereocenters. The van der Waals surface area contributed by atoms with E-state index in [-0.39, 0.29) is 5.75 Å². The Hall–Kier alpha value is -0.870. The molecule has 0 bridgehead atoms. The average Bonchev–Trinajstić information content (AvgIpc) is 2.04. The van der Waals surface area contributed by atoms with E-state index >= 15 is 0 Å². The monoisotopic (exact) mass is 199 g/mol. The predicted molar refractivity (Wildman–Crippen MR) is 50.2 cm³/mol. The van der Waals surface area contributed by atoms with E-state index in [1.165, 1.54) is 0 Å². The van der Waals surface area contributed by atoms with Gasteiger partial charge in [-0.05, 0) is 24.6 Å². The van der Waals surface area contributed by atoms with Gasteiger partial charge in [0.1, 0.15) is 5.75 Å². The summed E-state index contributed by atoms with van der Waals surface area (Å²) >= 11 is -2.03. The Balaban J connectivity index is 2.73. The van der Waals surface area contributed by atoms with Crippen LogP contribution in [0.3, 0.4) is 0 Å². The Morgan fingerprint density at radius 3 is 2.92 bits per heavy atom. The van der Waals surface area contributed by atoms with Gasteiger partial charge in [0, 0.05) is 5.75 Å². The first-order valence-corrected chi connectivity index (χ1v) is 5.24. The zero-order valence-electron chi connectivity index (χ0n) is 7.36. The lowest BCUT2D eigenvalue weighted by Gasteiger charge is -2.07. The SMILES string of the molecule is CCOc1cccc(CS(=O)[O-])c1. The maximum atomic E-state index is 10.4. The fraction of sp³-hybridized carbons (Fsp3) is 0.333. The molecule has 0 fully saturated rings. The maximum absolute atomic E-state index is 10.4. The van der Waals surface area contributed by atoms with Gasteiger partial charge < -0.3 is 9.29 Å². The first kappa shape index (κ1) is 10.2. The van der Waals surface area contributed by atoms with Crippen LogP contribution in [0.15, 0.2) is 24.3 Å². The molecule has 0 spiro atoms. The minimum Gasteiger partial charge on any atom is -0.772 e. The molecule has 4 heteroatoms. The summed E-state index contributed by atoms with van der Waals surface area (Å²) in [5.41, 5.74) is 0.749. The summed E-state index contributed by atoms with van der Waals surface area (Å²) < 4.78 is 26.0. The van der Waals surface area contributed by atoms with Crippen molar-refractivity contribution in [2.45, 2.75) is 12.7 Å². The maximum Gasteiger partial charge on any atom is 0.119 e. The van der Waals surface area contributed by atoms with Gasteiger partial charge in [-0.2, -0.15) is 0 Å². The summed E-state index contributed by atoms with van der Waals surface area (Å²) in [7, 11) is 0. The molecule has 0 aliphatic heterocycles. The molecule has 1 atom stereocenters. The molecule has 0 saturated carbocycles. The molecule has 13 heavy (non-hydrogen) atoms. The molecule has 0 aromatic heterocycles. The molecule has 0 heterocycles. The van der Waals surface area contributed by atoms with Crippen LogP contribution in [0.2, 0.25) is 0 Å². The molecular weight excluding hydrogens is 188 g/mol. The zero-order valence-corrected chi connectivity index (χ0v) is 8.17. The van der Waals surface area contributed by atoms with Crippen LogP contribution in [0.25, 0.3) is 0 Å². The quantitative estimate of drug-likeness (QED) is 0.690. The van der Waals surface area contributed by atoms with Gasteiger partial charge in [-0.25, -0.2) is 0 Å². The van der Waals surface area contributed by atoms with Crippen molar-refractivity contribution < 1.29 is 13.5 Å². The highest BCUT2D eigenvalue weighted by molar-refractivity contribution is 7.78. The highest BCUT2D eigenvalue weighted by Gasteiger charge is 1.95. The Kier molecular flexibility index (Phi) is 3.92. The van der Waals surface area contributed by atoms with Gasteiger partial charge in [-0.15, -0.1) is 0 Å². The van der Waals surface area contributed by atoms with Gasteiger partial charge in [0.2, 0.25) is 0 Å². The first-order valence-electron chi connectivity index (χ1n) is 4.00. The fourth-order valence-electron chi connectivity index (χ4n) is 1.03. The van der Waals surface area contributed by atoms with E-state index in [0.29, 0.717) is 12.4 Å². The molecule has 0 saturated heterocycles. The van der Waals surface area contributed by atoms with E-state index in [9.17, 15) is 8.76 Å². The topological polar surface area (TPSA) is 49.4 Å². The van der Waals surface area contributed by atoms with Gasteiger partial charge >= 0.3 is 0 Å². The lowest BCUT2D eigenvalue weighted by molar-refractivity contribution is 0.340. The number of rotatable bonds is 4. The smallest absolute Gasteiger partial charge is 0.119 e. The Morgan fingerprint density at radius 2 is 2.31 bits per heavy atom. The second-order valence-electron chi connectivity index (χ2n) is 2.53. The van der Waals surface area contributed by atoms with Crippen molar-refractivity contribution >= 4 is 11.1 Å². The van der Waals surface area contributed by atoms with Crippen LogP contribution in [0, 0.1) is 0 Å². The van der Waals surface area contributed by atoms with Gasteiger partial charge in [0.05, 0.1) is 6.61 Å². The largest absolute Gasteiger partial charge is 0.772 e. The highest BCUT2D eigenvalue weighted by Crippen LogP contribution is 2.14. The molecule has 0 N–H and O–H groups in total. The van der Waals surface area contributed by atoms with Gasteiger partial charge in [-0.1, -0.05) is 23.2 Å². The summed E-state index contributed by atoms with van der Waals surface area (Å²) in [6.07, 6.45) is 0. The van der Waals surface area contributed by atoms with Crippen LogP contribution in [0.5, 0.6) is 5.75 Å². The van der Waals surface area contributed by atoms with Crippen molar-refractivity contribution in [1.29, 1.82) is 0 Å². The molecule has 1 aromatic rings. The Labute approximate surface area is 80.0 Å². The van der Waals surface area contributed by atoms with Crippen molar-refractivity contribution in [2.75, 3.05) is 6.61 Å². The lowest BCUT2D eigenvalue weighted by Crippen LogP contribution is -1.95. The summed E-state index contributed by atoms with van der Waals surface area (Å²) in [6, 6.07) is 7.09. The molecule has 72 valence electrons. The van der Waals surface area contributed by atoms with Crippen LogP contribution in [-0.2, 0) is 16.8 Å². The standard InChI is InChI=1S/C9H12O3S/c1-2-12-9-5-3-4-8(6-9)7-13(10)11/h3-6H,2,7H2,1H3,(H,10,11)/p-1. The van der Waals surface area contributed by atoms with Gasteiger partial charge in [0.15, 0.2) is 0 Å². The molecular formula is C9H11O3S-. The van der Waals surface area contributed by atoms with Crippen LogP contribution >= 0.6 is 0 Å². The zero-order chi connectivity index (χ0) is 9.68. The van der Waals surface area contributed by atoms with Gasteiger partial charge in [-0.3, -0.25) is 4.21 Å². The summed E-state index contributed by atoms with van der Waals surface area (Å²) in [4.78, 5) is 0. The van der Waals surface area contributed by atoms with Gasteiger partial charge in [0.25, 0.3) is 0 Å². The van der Waals surface area contributed by atoms with Crippen molar-refractivity contribution in [1.82, 2.24) is 0 Å². The lowest BCUT2D eigenvalue weighted by atomic mass is 10.2. The average molecular weight is 199 g/mol. The van der Waals surface area contributed by atoms with E-state index in [1.807, 2.05) is 6.92 Å².